The summed E-state index contributed by atoms with van der Waals surface area (Å²) in [6.45, 7) is 4.42. The molecule has 0 atom stereocenters. The van der Waals surface area contributed by atoms with Gasteiger partial charge in [-0.25, -0.2) is 0 Å². The number of rotatable bonds is 6. The highest BCUT2D eigenvalue weighted by atomic mass is 35.5. The number of halogens is 1. The zero-order valence-corrected chi connectivity index (χ0v) is 17.7. The molecule has 2 aromatic heterocycles. The first kappa shape index (κ1) is 22.6. The minimum absolute atomic E-state index is 0. The van der Waals surface area contributed by atoms with E-state index in [1.807, 2.05) is 24.4 Å². The van der Waals surface area contributed by atoms with Crippen LogP contribution in [0.15, 0.2) is 36.5 Å². The van der Waals surface area contributed by atoms with Crippen molar-refractivity contribution in [1.82, 2.24) is 20.2 Å². The summed E-state index contributed by atoms with van der Waals surface area (Å²) >= 11 is 0. The van der Waals surface area contributed by atoms with Crippen molar-refractivity contribution in [2.75, 3.05) is 32.8 Å². The number of pyridine rings is 1. The molecule has 1 amide bonds. The lowest BCUT2D eigenvalue weighted by molar-refractivity contribution is 0.0341. The highest BCUT2D eigenvalue weighted by molar-refractivity contribution is 6.03. The maximum absolute atomic E-state index is 12.3. The Bertz CT molecular complexity index is 1080. The van der Waals surface area contributed by atoms with Gasteiger partial charge in [-0.05, 0) is 29.8 Å². The van der Waals surface area contributed by atoms with E-state index in [9.17, 15) is 9.90 Å². The lowest BCUT2D eigenvalue weighted by Gasteiger charge is -2.26. The molecule has 0 radical (unpaired) electrons. The molecule has 0 unspecified atom stereocenters. The van der Waals surface area contributed by atoms with Gasteiger partial charge in [0.2, 0.25) is 0 Å². The van der Waals surface area contributed by atoms with Crippen LogP contribution in [0.3, 0.4) is 0 Å². The molecule has 3 heterocycles. The van der Waals surface area contributed by atoms with Crippen LogP contribution in [-0.2, 0) is 11.3 Å². The van der Waals surface area contributed by atoms with Crippen LogP contribution < -0.4 is 5.32 Å². The molecule has 1 saturated heterocycles. The van der Waals surface area contributed by atoms with Crippen molar-refractivity contribution in [2.45, 2.75) is 13.0 Å². The quantitative estimate of drug-likeness (QED) is 0.507. The summed E-state index contributed by atoms with van der Waals surface area (Å²) in [6, 6.07) is 11.1. The summed E-state index contributed by atoms with van der Waals surface area (Å²) in [5.41, 5.74) is 3.47. The van der Waals surface area contributed by atoms with Gasteiger partial charge in [0.1, 0.15) is 0 Å². The third-order valence-corrected chi connectivity index (χ3v) is 5.15. The molecule has 31 heavy (non-hydrogen) atoms. The van der Waals surface area contributed by atoms with E-state index in [1.165, 1.54) is 0 Å². The average molecular weight is 442 g/mol. The summed E-state index contributed by atoms with van der Waals surface area (Å²) in [5, 5.41) is 22.5. The summed E-state index contributed by atoms with van der Waals surface area (Å²) < 4.78 is 5.38. The lowest BCUT2D eigenvalue weighted by Crippen LogP contribution is -2.35. The van der Waals surface area contributed by atoms with E-state index in [2.05, 4.69) is 20.2 Å². The Morgan fingerprint density at radius 3 is 2.81 bits per heavy atom. The molecule has 8 nitrogen and oxygen atoms in total. The van der Waals surface area contributed by atoms with Crippen molar-refractivity contribution in [2.24, 2.45) is 0 Å². The number of benzene rings is 1. The van der Waals surface area contributed by atoms with Crippen molar-refractivity contribution < 1.29 is 14.6 Å². The monoisotopic (exact) mass is 441 g/mol. The smallest absolute Gasteiger partial charge is 0.251 e. The number of hydrogen-bond donors (Lipinski definition) is 3. The molecule has 4 rings (SSSR count). The van der Waals surface area contributed by atoms with Crippen LogP contribution in [0, 0.1) is 11.3 Å². The molecule has 9 heteroatoms. The Morgan fingerprint density at radius 1 is 1.29 bits per heavy atom. The largest absolute Gasteiger partial charge is 0.494 e. The standard InChI is InChI=1S/C22H23N5O3.ClH/c23-6-1-7-24-21(28)16-3-5-18-17(12-16)20(22(29)26-18)19-4-2-15(13-25-19)14-27-8-10-30-11-9-27;/h2-5,12-13,26,29H,1,7-11,14H2,(H,24,28);1H. The number of fused-ring (bicyclic) bond motifs is 1. The molecule has 0 spiro atoms. The van der Waals surface area contributed by atoms with Crippen molar-refractivity contribution in [3.63, 3.8) is 0 Å². The van der Waals surface area contributed by atoms with Crippen molar-refractivity contribution in [3.05, 3.63) is 47.7 Å². The van der Waals surface area contributed by atoms with Gasteiger partial charge in [-0.3, -0.25) is 14.7 Å². The zero-order chi connectivity index (χ0) is 20.9. The summed E-state index contributed by atoms with van der Waals surface area (Å²) in [7, 11) is 0. The van der Waals surface area contributed by atoms with E-state index >= 15 is 0 Å². The Hall–Kier alpha value is -3.12. The molecule has 0 saturated carbocycles. The maximum atomic E-state index is 12.3. The van der Waals surface area contributed by atoms with E-state index < -0.39 is 0 Å². The molecule has 3 aromatic rings. The molecule has 1 aromatic carbocycles. The summed E-state index contributed by atoms with van der Waals surface area (Å²) in [4.78, 5) is 22.2. The molecule has 162 valence electrons. The van der Waals surface area contributed by atoms with Gasteiger partial charge in [-0.15, -0.1) is 12.4 Å². The van der Waals surface area contributed by atoms with Crippen LogP contribution in [0.5, 0.6) is 5.88 Å². The van der Waals surface area contributed by atoms with Gasteiger partial charge in [0.05, 0.1) is 37.0 Å². The predicted molar refractivity (Wildman–Crippen MR) is 119 cm³/mol. The van der Waals surface area contributed by atoms with Crippen LogP contribution in [0.2, 0.25) is 0 Å². The number of carbonyl (C=O) groups excluding carboxylic acids is 1. The first-order valence-electron chi connectivity index (χ1n) is 9.91. The number of H-pyrrole nitrogens is 1. The third kappa shape index (κ3) is 5.14. The van der Waals surface area contributed by atoms with Crippen molar-refractivity contribution in [3.8, 4) is 23.2 Å². The molecule has 3 N–H and O–H groups in total. The van der Waals surface area contributed by atoms with Gasteiger partial charge < -0.3 is 20.1 Å². The fourth-order valence-corrected chi connectivity index (χ4v) is 3.60. The van der Waals surface area contributed by atoms with E-state index in [1.54, 1.807) is 18.2 Å². The average Bonchev–Trinajstić information content (AvgIpc) is 3.10. The molecule has 1 fully saturated rings. The number of aromatic amines is 1. The minimum Gasteiger partial charge on any atom is -0.494 e. The van der Waals surface area contributed by atoms with Crippen LogP contribution >= 0.6 is 12.4 Å². The maximum Gasteiger partial charge on any atom is 0.251 e. The first-order valence-corrected chi connectivity index (χ1v) is 9.91. The summed E-state index contributed by atoms with van der Waals surface area (Å²) in [6.07, 6.45) is 2.08. The Labute approximate surface area is 186 Å². The Balaban J connectivity index is 0.00000272. The second-order valence-electron chi connectivity index (χ2n) is 7.21. The molecular weight excluding hydrogens is 418 g/mol. The molecule has 1 aliphatic heterocycles. The number of aromatic nitrogens is 2. The number of carbonyl (C=O) groups is 1. The second-order valence-corrected chi connectivity index (χ2v) is 7.21. The molecule has 0 aliphatic carbocycles. The van der Waals surface area contributed by atoms with Gasteiger partial charge in [0, 0.05) is 48.8 Å². The fraction of sp³-hybridized carbons (Fsp3) is 0.318. The van der Waals surface area contributed by atoms with E-state index in [0.29, 0.717) is 28.8 Å². The van der Waals surface area contributed by atoms with E-state index in [0.717, 1.165) is 43.9 Å². The van der Waals surface area contributed by atoms with Gasteiger partial charge in [-0.2, -0.15) is 5.26 Å². The molecule has 1 aliphatic rings. The predicted octanol–water partition coefficient (Wildman–Crippen LogP) is 2.83. The number of nitrogens with zero attached hydrogens (tertiary/aromatic N) is 3. The first-order chi connectivity index (χ1) is 14.7. The van der Waals surface area contributed by atoms with Gasteiger partial charge in [-0.1, -0.05) is 6.07 Å². The Kier molecular flexibility index (Phi) is 7.47. The third-order valence-electron chi connectivity index (χ3n) is 5.15. The fourth-order valence-electron chi connectivity index (χ4n) is 3.60. The lowest BCUT2D eigenvalue weighted by atomic mass is 10.1. The van der Waals surface area contributed by atoms with Gasteiger partial charge in [0.25, 0.3) is 5.91 Å². The Morgan fingerprint density at radius 2 is 2.10 bits per heavy atom. The van der Waals surface area contributed by atoms with E-state index in [4.69, 9.17) is 10.00 Å². The number of aromatic hydroxyl groups is 1. The second kappa shape index (κ2) is 10.3. The number of nitrogens with one attached hydrogen (secondary N) is 2. The van der Waals surface area contributed by atoms with Crippen LogP contribution in [0.1, 0.15) is 22.3 Å². The van der Waals surface area contributed by atoms with Crippen molar-refractivity contribution >= 4 is 29.2 Å². The van der Waals surface area contributed by atoms with Crippen LogP contribution in [0.25, 0.3) is 22.2 Å². The topological polar surface area (TPSA) is 114 Å². The zero-order valence-electron chi connectivity index (χ0n) is 16.9. The van der Waals surface area contributed by atoms with Crippen LogP contribution in [-0.4, -0.2) is 58.7 Å². The number of hydrogen-bond acceptors (Lipinski definition) is 6. The normalized spacial score (nSPS) is 14.0. The molecular formula is C22H24ClN5O3. The van der Waals surface area contributed by atoms with Gasteiger partial charge >= 0.3 is 0 Å². The van der Waals surface area contributed by atoms with Gasteiger partial charge in [0.15, 0.2) is 5.88 Å². The number of amides is 1. The van der Waals surface area contributed by atoms with E-state index in [-0.39, 0.29) is 30.6 Å². The minimum atomic E-state index is -0.257. The number of morpholine rings is 1. The summed E-state index contributed by atoms with van der Waals surface area (Å²) in [5.74, 6) is -0.243. The highest BCUT2D eigenvalue weighted by Crippen LogP contribution is 2.36. The highest BCUT2D eigenvalue weighted by Gasteiger charge is 2.17. The SMILES string of the molecule is Cl.N#CCCNC(=O)c1ccc2[nH]c(O)c(-c3ccc(CN4CCOCC4)cn3)c2c1. The molecule has 0 bridgehead atoms. The number of nitriles is 1. The van der Waals surface area contributed by atoms with Crippen LogP contribution in [0.4, 0.5) is 0 Å². The number of ether oxygens (including phenoxy) is 1. The van der Waals surface area contributed by atoms with Crippen molar-refractivity contribution in [1.29, 1.82) is 5.26 Å².